The van der Waals surface area contributed by atoms with Gasteiger partial charge in [0.2, 0.25) is 0 Å². The molecule has 0 aromatic heterocycles. The smallest absolute Gasteiger partial charge is 0.273 e. The molecule has 0 saturated carbocycles. The average molecular weight is 522 g/mol. The van der Waals surface area contributed by atoms with Gasteiger partial charge in [0.05, 0.1) is 37.3 Å². The Morgan fingerprint density at radius 3 is 2.59 bits per heavy atom. The number of amides is 2. The summed E-state index contributed by atoms with van der Waals surface area (Å²) in [5.41, 5.74) is 7.51. The predicted octanol–water partition coefficient (Wildman–Crippen LogP) is 3.91. The van der Waals surface area contributed by atoms with Crippen molar-refractivity contribution in [2.75, 3.05) is 24.8 Å². The van der Waals surface area contributed by atoms with E-state index in [1.54, 1.807) is 36.5 Å². The van der Waals surface area contributed by atoms with Gasteiger partial charge in [-0.3, -0.25) is 9.59 Å². The van der Waals surface area contributed by atoms with Gasteiger partial charge in [-0.25, -0.2) is 5.43 Å². The molecule has 0 radical (unpaired) electrons. The van der Waals surface area contributed by atoms with Gasteiger partial charge in [-0.1, -0.05) is 30.3 Å². The molecule has 1 atom stereocenters. The number of nitrogens with zero attached hydrogens (tertiary/aromatic N) is 1. The van der Waals surface area contributed by atoms with Crippen LogP contribution in [-0.4, -0.2) is 53.8 Å². The number of ether oxygens (including phenoxy) is 1. The van der Waals surface area contributed by atoms with Gasteiger partial charge in [0, 0.05) is 17.1 Å². The van der Waals surface area contributed by atoms with Crippen LogP contribution in [0.5, 0.6) is 5.75 Å². The molecule has 0 spiro atoms. The predicted molar refractivity (Wildman–Crippen MR) is 148 cm³/mol. The molecule has 8 nitrogen and oxygen atoms in total. The number of rotatable bonds is 11. The van der Waals surface area contributed by atoms with Crippen LogP contribution in [0.2, 0.25) is 0 Å². The minimum absolute atomic E-state index is 0.203. The summed E-state index contributed by atoms with van der Waals surface area (Å²) in [6, 6.07) is 17.8. The molecular formula is C28H31N3O5S. The lowest BCUT2D eigenvalue weighted by molar-refractivity contribution is 0.0955. The van der Waals surface area contributed by atoms with E-state index in [1.165, 1.54) is 30.5 Å². The topological polar surface area (TPSA) is 120 Å². The van der Waals surface area contributed by atoms with Gasteiger partial charge in [-0.15, -0.1) is 0 Å². The summed E-state index contributed by atoms with van der Waals surface area (Å²) < 4.78 is 5.26. The van der Waals surface area contributed by atoms with Crippen LogP contribution in [-0.2, 0) is 5.75 Å². The van der Waals surface area contributed by atoms with Gasteiger partial charge in [0.1, 0.15) is 5.75 Å². The first-order valence-corrected chi connectivity index (χ1v) is 12.8. The minimum atomic E-state index is -0.776. The molecule has 4 N–H and O–H groups in total. The highest BCUT2D eigenvalue weighted by atomic mass is 32.2. The lowest BCUT2D eigenvalue weighted by Crippen LogP contribution is -2.21. The molecule has 1 unspecified atom stereocenters. The standard InChI is InChI=1S/C28H31N3O5S/c1-18-7-8-20(11-19(18)2)14-29-31-28(35)25-13-24(36-3)9-10-26(25)30-27(34)22-6-4-5-21(12-22)16-37-17-23(33)15-32/h4-14,23,32-33H,15-17H2,1-3H3,(H,30,34)(H,31,35). The summed E-state index contributed by atoms with van der Waals surface area (Å²) >= 11 is 1.46. The second kappa shape index (κ2) is 13.6. The highest BCUT2D eigenvalue weighted by Gasteiger charge is 2.16. The maximum atomic E-state index is 13.0. The molecule has 3 aromatic rings. The number of aliphatic hydroxyl groups is 2. The minimum Gasteiger partial charge on any atom is -0.497 e. The van der Waals surface area contributed by atoms with Crippen LogP contribution in [0.15, 0.2) is 65.8 Å². The fourth-order valence-corrected chi connectivity index (χ4v) is 4.29. The second-order valence-electron chi connectivity index (χ2n) is 8.46. The molecule has 0 saturated heterocycles. The van der Waals surface area contributed by atoms with Crippen molar-refractivity contribution in [3.8, 4) is 5.75 Å². The number of aliphatic hydroxyl groups excluding tert-OH is 2. The molecule has 0 aliphatic heterocycles. The zero-order valence-corrected chi connectivity index (χ0v) is 21.8. The first-order chi connectivity index (χ1) is 17.8. The lowest BCUT2D eigenvalue weighted by atomic mass is 10.1. The SMILES string of the molecule is COc1ccc(NC(=O)c2cccc(CSCC(O)CO)c2)c(C(=O)NN=Cc2ccc(C)c(C)c2)c1. The number of carbonyl (C=O) groups is 2. The summed E-state index contributed by atoms with van der Waals surface area (Å²) in [6.45, 7) is 3.74. The second-order valence-corrected chi connectivity index (χ2v) is 9.49. The molecular weight excluding hydrogens is 490 g/mol. The van der Waals surface area contributed by atoms with Crippen LogP contribution >= 0.6 is 11.8 Å². The number of benzene rings is 3. The maximum Gasteiger partial charge on any atom is 0.273 e. The Morgan fingerprint density at radius 2 is 1.86 bits per heavy atom. The summed E-state index contributed by atoms with van der Waals surface area (Å²) in [5, 5.41) is 25.3. The van der Waals surface area contributed by atoms with Crippen molar-refractivity contribution >= 4 is 35.5 Å². The number of thioether (sulfide) groups is 1. The molecule has 194 valence electrons. The van der Waals surface area contributed by atoms with E-state index in [1.807, 2.05) is 38.1 Å². The Kier molecular flexibility index (Phi) is 10.3. The van der Waals surface area contributed by atoms with Crippen molar-refractivity contribution in [1.82, 2.24) is 5.43 Å². The molecule has 3 rings (SSSR count). The third-order valence-electron chi connectivity index (χ3n) is 5.61. The van der Waals surface area contributed by atoms with E-state index >= 15 is 0 Å². The molecule has 0 aliphatic carbocycles. The van der Waals surface area contributed by atoms with Crippen molar-refractivity contribution in [2.24, 2.45) is 5.10 Å². The summed E-state index contributed by atoms with van der Waals surface area (Å²) in [6.07, 6.45) is 0.785. The Bertz CT molecular complexity index is 1280. The van der Waals surface area contributed by atoms with E-state index in [4.69, 9.17) is 9.84 Å². The van der Waals surface area contributed by atoms with Gasteiger partial charge in [0.15, 0.2) is 0 Å². The van der Waals surface area contributed by atoms with Gasteiger partial charge >= 0.3 is 0 Å². The molecule has 3 aromatic carbocycles. The van der Waals surface area contributed by atoms with Crippen LogP contribution < -0.4 is 15.5 Å². The number of anilines is 1. The normalized spacial score (nSPS) is 11.8. The highest BCUT2D eigenvalue weighted by Crippen LogP contribution is 2.23. The summed E-state index contributed by atoms with van der Waals surface area (Å²) in [7, 11) is 1.50. The number of hydrogen-bond donors (Lipinski definition) is 4. The molecule has 2 amide bonds. The average Bonchev–Trinajstić information content (AvgIpc) is 2.90. The Morgan fingerprint density at radius 1 is 1.05 bits per heavy atom. The Balaban J connectivity index is 1.72. The van der Waals surface area contributed by atoms with Crippen molar-refractivity contribution in [2.45, 2.75) is 25.7 Å². The van der Waals surface area contributed by atoms with E-state index in [-0.39, 0.29) is 18.1 Å². The van der Waals surface area contributed by atoms with Crippen molar-refractivity contribution in [3.05, 3.63) is 94.0 Å². The van der Waals surface area contributed by atoms with Crippen molar-refractivity contribution in [3.63, 3.8) is 0 Å². The fraction of sp³-hybridized carbons (Fsp3) is 0.250. The fourth-order valence-electron chi connectivity index (χ4n) is 3.38. The van der Waals surface area contributed by atoms with Gasteiger partial charge in [-0.2, -0.15) is 16.9 Å². The monoisotopic (exact) mass is 521 g/mol. The zero-order valence-electron chi connectivity index (χ0n) is 21.0. The quantitative estimate of drug-likeness (QED) is 0.224. The van der Waals surface area contributed by atoms with Crippen LogP contribution in [0, 0.1) is 13.8 Å². The maximum absolute atomic E-state index is 13.0. The summed E-state index contributed by atoms with van der Waals surface area (Å²) in [5.74, 6) is 0.559. The number of hydrogen-bond acceptors (Lipinski definition) is 7. The van der Waals surface area contributed by atoms with Gasteiger partial charge < -0.3 is 20.3 Å². The Hall–Kier alpha value is -3.66. The van der Waals surface area contributed by atoms with E-state index in [2.05, 4.69) is 15.8 Å². The third kappa shape index (κ3) is 8.18. The van der Waals surface area contributed by atoms with Crippen LogP contribution in [0.25, 0.3) is 0 Å². The molecule has 0 aliphatic rings. The van der Waals surface area contributed by atoms with Crippen molar-refractivity contribution in [1.29, 1.82) is 0 Å². The van der Waals surface area contributed by atoms with E-state index in [0.29, 0.717) is 28.5 Å². The molecule has 37 heavy (non-hydrogen) atoms. The van der Waals surface area contributed by atoms with Gasteiger partial charge in [0.25, 0.3) is 11.8 Å². The lowest BCUT2D eigenvalue weighted by Gasteiger charge is -2.12. The van der Waals surface area contributed by atoms with Crippen LogP contribution in [0.4, 0.5) is 5.69 Å². The van der Waals surface area contributed by atoms with E-state index < -0.39 is 12.0 Å². The first kappa shape index (κ1) is 27.9. The van der Waals surface area contributed by atoms with E-state index in [0.717, 1.165) is 16.7 Å². The zero-order chi connectivity index (χ0) is 26.8. The number of methoxy groups -OCH3 is 1. The highest BCUT2D eigenvalue weighted by molar-refractivity contribution is 7.98. The number of aryl methyl sites for hydroxylation is 2. The van der Waals surface area contributed by atoms with Gasteiger partial charge in [-0.05, 0) is 66.4 Å². The largest absolute Gasteiger partial charge is 0.497 e. The number of hydrazone groups is 1. The molecule has 0 fully saturated rings. The van der Waals surface area contributed by atoms with Crippen LogP contribution in [0.3, 0.4) is 0 Å². The van der Waals surface area contributed by atoms with E-state index in [9.17, 15) is 14.7 Å². The first-order valence-electron chi connectivity index (χ1n) is 11.7. The van der Waals surface area contributed by atoms with Crippen LogP contribution in [0.1, 0.15) is 43.0 Å². The number of nitrogens with one attached hydrogen (secondary N) is 2. The Labute approximate surface area is 220 Å². The number of carbonyl (C=O) groups excluding carboxylic acids is 2. The third-order valence-corrected chi connectivity index (χ3v) is 6.77. The summed E-state index contributed by atoms with van der Waals surface area (Å²) in [4.78, 5) is 25.9. The molecule has 9 heteroatoms. The van der Waals surface area contributed by atoms with Crippen molar-refractivity contribution < 1.29 is 24.5 Å². The molecule has 0 bridgehead atoms. The molecule has 0 heterocycles.